The molecule has 0 aliphatic carbocycles. The smallest absolute Gasteiger partial charge is 0.229 e. The number of nitrogens with one attached hydrogen (secondary N) is 1. The minimum absolute atomic E-state index is 0.0501. The predicted octanol–water partition coefficient (Wildman–Crippen LogP) is 0.580. The standard InChI is InChI=1S/C12H16N2O4S2/c1-10-8-12(5-4-11(10)9-13)20(17,18)14-6-3-7-19(2,15)16/h4-5,8,14H,3,6-7H2,1-2H3. The van der Waals surface area contributed by atoms with Gasteiger partial charge in [-0.15, -0.1) is 0 Å². The van der Waals surface area contributed by atoms with Crippen molar-refractivity contribution in [3.05, 3.63) is 29.3 Å². The third kappa shape index (κ3) is 4.92. The first kappa shape index (κ1) is 16.6. The van der Waals surface area contributed by atoms with E-state index in [0.29, 0.717) is 11.1 Å². The lowest BCUT2D eigenvalue weighted by molar-refractivity contribution is 0.577. The van der Waals surface area contributed by atoms with Gasteiger partial charge in [-0.05, 0) is 37.1 Å². The lowest BCUT2D eigenvalue weighted by Gasteiger charge is -2.07. The Kier molecular flexibility index (Phi) is 5.28. The zero-order chi connectivity index (χ0) is 15.4. The van der Waals surface area contributed by atoms with Crippen LogP contribution in [0.1, 0.15) is 17.5 Å². The molecular formula is C12H16N2O4S2. The van der Waals surface area contributed by atoms with Gasteiger partial charge in [0.15, 0.2) is 0 Å². The van der Waals surface area contributed by atoms with Crippen molar-refractivity contribution in [3.63, 3.8) is 0 Å². The summed E-state index contributed by atoms with van der Waals surface area (Å²) >= 11 is 0. The maximum atomic E-state index is 12.0. The van der Waals surface area contributed by atoms with Crippen molar-refractivity contribution in [3.8, 4) is 6.07 Å². The van der Waals surface area contributed by atoms with Crippen LogP contribution in [0.15, 0.2) is 23.1 Å². The molecule has 1 rings (SSSR count). The molecule has 0 amide bonds. The van der Waals surface area contributed by atoms with E-state index in [-0.39, 0.29) is 23.6 Å². The molecule has 110 valence electrons. The molecule has 0 aromatic heterocycles. The van der Waals surface area contributed by atoms with E-state index in [0.717, 1.165) is 6.26 Å². The highest BCUT2D eigenvalue weighted by molar-refractivity contribution is 7.90. The fourth-order valence-electron chi connectivity index (χ4n) is 1.55. The summed E-state index contributed by atoms with van der Waals surface area (Å²) in [5, 5.41) is 8.79. The number of nitriles is 1. The van der Waals surface area contributed by atoms with Crippen LogP contribution in [0.25, 0.3) is 0 Å². The molecule has 1 aromatic carbocycles. The van der Waals surface area contributed by atoms with Crippen molar-refractivity contribution in [2.24, 2.45) is 0 Å². The number of sulfonamides is 1. The lowest BCUT2D eigenvalue weighted by Crippen LogP contribution is -2.26. The Hall–Kier alpha value is -1.43. The average molecular weight is 316 g/mol. The Balaban J connectivity index is 2.75. The number of hydrogen-bond acceptors (Lipinski definition) is 5. The Morgan fingerprint density at radius 1 is 1.25 bits per heavy atom. The summed E-state index contributed by atoms with van der Waals surface area (Å²) in [7, 11) is -6.77. The van der Waals surface area contributed by atoms with Crippen LogP contribution in [0.5, 0.6) is 0 Å². The summed E-state index contributed by atoms with van der Waals surface area (Å²) in [5.74, 6) is -0.0675. The maximum absolute atomic E-state index is 12.0. The topological polar surface area (TPSA) is 104 Å². The molecule has 0 radical (unpaired) electrons. The van der Waals surface area contributed by atoms with Crippen molar-refractivity contribution >= 4 is 19.9 Å². The highest BCUT2D eigenvalue weighted by Crippen LogP contribution is 2.14. The quantitative estimate of drug-likeness (QED) is 0.773. The molecule has 0 spiro atoms. The number of hydrogen-bond donors (Lipinski definition) is 1. The van der Waals surface area contributed by atoms with Crippen LogP contribution in [0, 0.1) is 18.3 Å². The Morgan fingerprint density at radius 3 is 2.40 bits per heavy atom. The first-order chi connectivity index (χ1) is 9.15. The van der Waals surface area contributed by atoms with E-state index in [1.54, 1.807) is 6.92 Å². The van der Waals surface area contributed by atoms with Crippen molar-refractivity contribution in [2.75, 3.05) is 18.6 Å². The van der Waals surface area contributed by atoms with Gasteiger partial charge in [0.2, 0.25) is 10.0 Å². The highest BCUT2D eigenvalue weighted by atomic mass is 32.2. The minimum Gasteiger partial charge on any atom is -0.229 e. The van der Waals surface area contributed by atoms with E-state index >= 15 is 0 Å². The summed E-state index contributed by atoms with van der Waals surface area (Å²) in [6, 6.07) is 6.17. The van der Waals surface area contributed by atoms with E-state index in [4.69, 9.17) is 5.26 Å². The molecule has 8 heteroatoms. The Bertz CT molecular complexity index is 731. The fourth-order valence-corrected chi connectivity index (χ4v) is 3.38. The molecule has 0 heterocycles. The van der Waals surface area contributed by atoms with Crippen LogP contribution >= 0.6 is 0 Å². The molecule has 0 unspecified atom stereocenters. The van der Waals surface area contributed by atoms with Crippen LogP contribution in [0.4, 0.5) is 0 Å². The second kappa shape index (κ2) is 6.35. The first-order valence-corrected chi connectivity index (χ1v) is 9.38. The van der Waals surface area contributed by atoms with E-state index in [2.05, 4.69) is 4.72 Å². The van der Waals surface area contributed by atoms with E-state index in [1.165, 1.54) is 18.2 Å². The van der Waals surface area contributed by atoms with Gasteiger partial charge in [-0.1, -0.05) is 0 Å². The van der Waals surface area contributed by atoms with Crippen LogP contribution in [-0.2, 0) is 19.9 Å². The van der Waals surface area contributed by atoms with E-state index in [1.807, 2.05) is 6.07 Å². The minimum atomic E-state index is -3.68. The van der Waals surface area contributed by atoms with Gasteiger partial charge < -0.3 is 0 Å². The largest absolute Gasteiger partial charge is 0.240 e. The number of benzene rings is 1. The predicted molar refractivity (Wildman–Crippen MR) is 75.4 cm³/mol. The van der Waals surface area contributed by atoms with E-state index in [9.17, 15) is 16.8 Å². The van der Waals surface area contributed by atoms with Crippen molar-refractivity contribution in [1.29, 1.82) is 5.26 Å². The molecule has 0 bridgehead atoms. The Labute approximate surface area is 119 Å². The van der Waals surface area contributed by atoms with Gasteiger partial charge in [-0.25, -0.2) is 21.6 Å². The summed E-state index contributed by atoms with van der Waals surface area (Å²) in [6.07, 6.45) is 1.32. The summed E-state index contributed by atoms with van der Waals surface area (Å²) in [4.78, 5) is 0.0633. The van der Waals surface area contributed by atoms with Gasteiger partial charge in [0.25, 0.3) is 0 Å². The highest BCUT2D eigenvalue weighted by Gasteiger charge is 2.14. The van der Waals surface area contributed by atoms with Crippen molar-refractivity contribution in [2.45, 2.75) is 18.2 Å². The van der Waals surface area contributed by atoms with Crippen molar-refractivity contribution < 1.29 is 16.8 Å². The molecule has 0 aliphatic rings. The molecule has 1 N–H and O–H groups in total. The van der Waals surface area contributed by atoms with Gasteiger partial charge >= 0.3 is 0 Å². The molecule has 1 aromatic rings. The van der Waals surface area contributed by atoms with Gasteiger partial charge in [0, 0.05) is 12.8 Å². The number of aryl methyl sites for hydroxylation is 1. The van der Waals surface area contributed by atoms with Crippen molar-refractivity contribution in [1.82, 2.24) is 4.72 Å². The van der Waals surface area contributed by atoms with Gasteiger partial charge in [-0.3, -0.25) is 0 Å². The normalized spacial score (nSPS) is 12.1. The maximum Gasteiger partial charge on any atom is 0.240 e. The van der Waals surface area contributed by atoms with Crippen LogP contribution in [-0.4, -0.2) is 35.4 Å². The lowest BCUT2D eigenvalue weighted by atomic mass is 10.1. The Morgan fingerprint density at radius 2 is 1.90 bits per heavy atom. The molecule has 0 saturated heterocycles. The molecular weight excluding hydrogens is 300 g/mol. The molecule has 6 nitrogen and oxygen atoms in total. The zero-order valence-corrected chi connectivity index (χ0v) is 12.9. The fraction of sp³-hybridized carbons (Fsp3) is 0.417. The van der Waals surface area contributed by atoms with Crippen LogP contribution in [0.3, 0.4) is 0 Å². The first-order valence-electron chi connectivity index (χ1n) is 5.84. The second-order valence-corrected chi connectivity index (χ2v) is 8.50. The SMILES string of the molecule is Cc1cc(S(=O)(=O)NCCCS(C)(=O)=O)ccc1C#N. The molecule has 0 fully saturated rings. The summed E-state index contributed by atoms with van der Waals surface area (Å²) in [6.45, 7) is 1.70. The zero-order valence-electron chi connectivity index (χ0n) is 11.3. The van der Waals surface area contributed by atoms with E-state index < -0.39 is 19.9 Å². The van der Waals surface area contributed by atoms with Gasteiger partial charge in [0.1, 0.15) is 9.84 Å². The number of nitrogens with zero attached hydrogens (tertiary/aromatic N) is 1. The monoisotopic (exact) mass is 316 g/mol. The number of rotatable bonds is 6. The molecule has 20 heavy (non-hydrogen) atoms. The summed E-state index contributed by atoms with van der Waals surface area (Å²) < 4.78 is 48.1. The summed E-state index contributed by atoms with van der Waals surface area (Å²) in [5.41, 5.74) is 0.993. The number of sulfone groups is 1. The third-order valence-electron chi connectivity index (χ3n) is 2.61. The second-order valence-electron chi connectivity index (χ2n) is 4.47. The molecule has 0 saturated carbocycles. The third-order valence-corrected chi connectivity index (χ3v) is 5.10. The average Bonchev–Trinajstić information content (AvgIpc) is 2.33. The van der Waals surface area contributed by atoms with Gasteiger partial charge in [-0.2, -0.15) is 5.26 Å². The van der Waals surface area contributed by atoms with Crippen LogP contribution < -0.4 is 4.72 Å². The molecule has 0 aliphatic heterocycles. The van der Waals surface area contributed by atoms with Gasteiger partial charge in [0.05, 0.1) is 22.3 Å². The molecule has 0 atom stereocenters. The van der Waals surface area contributed by atoms with Crippen LogP contribution in [0.2, 0.25) is 0 Å².